The Labute approximate surface area is 119 Å². The molecule has 1 atom stereocenters. The van der Waals surface area contributed by atoms with Crippen LogP contribution in [0.5, 0.6) is 0 Å². The Morgan fingerprint density at radius 3 is 2.05 bits per heavy atom. The summed E-state index contributed by atoms with van der Waals surface area (Å²) in [7, 11) is -3.41. The predicted molar refractivity (Wildman–Crippen MR) is 73.4 cm³/mol. The number of rotatable bonds is 8. The quantitative estimate of drug-likeness (QED) is 0.513. The maximum Gasteiger partial charge on any atom is 0.331 e. The maximum absolute atomic E-state index is 11.5. The molecule has 0 saturated heterocycles. The van der Waals surface area contributed by atoms with Gasteiger partial charge in [0, 0.05) is 12.2 Å². The van der Waals surface area contributed by atoms with E-state index in [-0.39, 0.29) is 13.2 Å². The minimum atomic E-state index is -3.41. The Morgan fingerprint density at radius 1 is 1.10 bits per heavy atom. The van der Waals surface area contributed by atoms with E-state index in [0.717, 1.165) is 12.2 Å². The molecule has 0 rings (SSSR count). The zero-order chi connectivity index (χ0) is 15.8. The van der Waals surface area contributed by atoms with Gasteiger partial charge in [-0.2, -0.15) is 0 Å². The number of esters is 2. The van der Waals surface area contributed by atoms with Gasteiger partial charge in [0.25, 0.3) is 0 Å². The smallest absolute Gasteiger partial charge is 0.331 e. The van der Waals surface area contributed by atoms with Crippen molar-refractivity contribution >= 4 is 22.0 Å². The van der Waals surface area contributed by atoms with Crippen LogP contribution < -0.4 is 4.72 Å². The standard InChI is InChI=1S/C12H21NO6S/c1-5-18-11(14)6-7-12(15)19-8-10(4)13-20(16,17)9(2)3/h6-7,9-10,13H,5,8H2,1-4H3/b7-6+. The Bertz CT molecular complexity index is 455. The monoisotopic (exact) mass is 307 g/mol. The molecule has 0 aromatic carbocycles. The molecule has 0 aromatic heterocycles. The summed E-state index contributed by atoms with van der Waals surface area (Å²) in [6.07, 6.45) is 1.89. The Morgan fingerprint density at radius 2 is 1.60 bits per heavy atom. The lowest BCUT2D eigenvalue weighted by Crippen LogP contribution is -2.40. The Balaban J connectivity index is 4.16. The van der Waals surface area contributed by atoms with Crippen molar-refractivity contribution in [2.24, 2.45) is 0 Å². The van der Waals surface area contributed by atoms with E-state index in [2.05, 4.69) is 9.46 Å². The maximum atomic E-state index is 11.5. The molecule has 1 N–H and O–H groups in total. The molecule has 0 spiro atoms. The summed E-state index contributed by atoms with van der Waals surface area (Å²) in [6, 6.07) is -0.553. The second-order valence-electron chi connectivity index (χ2n) is 4.33. The Kier molecular flexibility index (Phi) is 8.09. The van der Waals surface area contributed by atoms with E-state index in [9.17, 15) is 18.0 Å². The first-order chi connectivity index (χ1) is 9.19. The minimum absolute atomic E-state index is 0.127. The number of hydrogen-bond donors (Lipinski definition) is 1. The molecule has 0 bridgehead atoms. The second-order valence-corrected chi connectivity index (χ2v) is 6.60. The molecule has 116 valence electrons. The molecule has 0 fully saturated rings. The predicted octanol–water partition coefficient (Wildman–Crippen LogP) is 0.365. The van der Waals surface area contributed by atoms with E-state index >= 15 is 0 Å². The van der Waals surface area contributed by atoms with Crippen molar-refractivity contribution in [1.82, 2.24) is 4.72 Å². The first-order valence-electron chi connectivity index (χ1n) is 6.21. The molecule has 0 aromatic rings. The molecule has 8 heteroatoms. The first-order valence-corrected chi connectivity index (χ1v) is 7.76. The zero-order valence-electron chi connectivity index (χ0n) is 12.1. The van der Waals surface area contributed by atoms with Gasteiger partial charge < -0.3 is 9.47 Å². The molecule has 0 aliphatic rings. The lowest BCUT2D eigenvalue weighted by molar-refractivity contribution is -0.140. The van der Waals surface area contributed by atoms with Gasteiger partial charge in [0.15, 0.2) is 0 Å². The number of carbonyl (C=O) groups is 2. The molecule has 20 heavy (non-hydrogen) atoms. The molecule has 0 radical (unpaired) electrons. The fourth-order valence-electron chi connectivity index (χ4n) is 1.03. The summed E-state index contributed by atoms with van der Waals surface area (Å²) >= 11 is 0. The summed E-state index contributed by atoms with van der Waals surface area (Å²) in [5.41, 5.74) is 0. The van der Waals surface area contributed by atoms with Gasteiger partial charge in [-0.25, -0.2) is 22.7 Å². The zero-order valence-corrected chi connectivity index (χ0v) is 12.9. The molecule has 0 aliphatic carbocycles. The minimum Gasteiger partial charge on any atom is -0.463 e. The number of nitrogens with one attached hydrogen (secondary N) is 1. The van der Waals surface area contributed by atoms with E-state index < -0.39 is 33.3 Å². The number of carbonyl (C=O) groups excluding carboxylic acids is 2. The van der Waals surface area contributed by atoms with E-state index in [1.165, 1.54) is 0 Å². The van der Waals surface area contributed by atoms with E-state index in [4.69, 9.17) is 4.74 Å². The largest absolute Gasteiger partial charge is 0.463 e. The molecule has 0 heterocycles. The van der Waals surface area contributed by atoms with Crippen LogP contribution in [0.2, 0.25) is 0 Å². The highest BCUT2D eigenvalue weighted by Gasteiger charge is 2.19. The average molecular weight is 307 g/mol. The van der Waals surface area contributed by atoms with Gasteiger partial charge >= 0.3 is 11.9 Å². The summed E-state index contributed by atoms with van der Waals surface area (Å²) < 4.78 is 34.8. The van der Waals surface area contributed by atoms with Crippen LogP contribution >= 0.6 is 0 Å². The molecular formula is C12H21NO6S. The topological polar surface area (TPSA) is 98.8 Å². The number of sulfonamides is 1. The van der Waals surface area contributed by atoms with Crippen molar-refractivity contribution in [3.8, 4) is 0 Å². The molecular weight excluding hydrogens is 286 g/mol. The SMILES string of the molecule is CCOC(=O)/C=C/C(=O)OCC(C)NS(=O)(=O)C(C)C. The summed E-state index contributed by atoms with van der Waals surface area (Å²) in [4.78, 5) is 22.2. The third-order valence-corrected chi connectivity index (χ3v) is 4.08. The normalized spacial score (nSPS) is 13.4. The number of hydrogen-bond acceptors (Lipinski definition) is 6. The van der Waals surface area contributed by atoms with E-state index in [1.807, 2.05) is 0 Å². The van der Waals surface area contributed by atoms with Crippen molar-refractivity contribution < 1.29 is 27.5 Å². The third kappa shape index (κ3) is 7.90. The Hall–Kier alpha value is -1.41. The van der Waals surface area contributed by atoms with Crippen LogP contribution in [0.4, 0.5) is 0 Å². The van der Waals surface area contributed by atoms with Crippen molar-refractivity contribution in [2.75, 3.05) is 13.2 Å². The van der Waals surface area contributed by atoms with Gasteiger partial charge in [0.1, 0.15) is 6.61 Å². The fraction of sp³-hybridized carbons (Fsp3) is 0.667. The van der Waals surface area contributed by atoms with Crippen molar-refractivity contribution in [3.63, 3.8) is 0 Å². The van der Waals surface area contributed by atoms with Crippen LogP contribution in [0.1, 0.15) is 27.7 Å². The molecule has 0 saturated carbocycles. The highest BCUT2D eigenvalue weighted by Crippen LogP contribution is 1.99. The van der Waals surface area contributed by atoms with Crippen molar-refractivity contribution in [2.45, 2.75) is 39.0 Å². The fourth-order valence-corrected chi connectivity index (χ4v) is 1.93. The average Bonchev–Trinajstić information content (AvgIpc) is 2.33. The van der Waals surface area contributed by atoms with Gasteiger partial charge in [-0.05, 0) is 27.7 Å². The van der Waals surface area contributed by atoms with Gasteiger partial charge in [-0.15, -0.1) is 0 Å². The molecule has 0 aliphatic heterocycles. The van der Waals surface area contributed by atoms with Crippen LogP contribution in [-0.4, -0.2) is 44.9 Å². The summed E-state index contributed by atoms with van der Waals surface area (Å²) in [6.45, 7) is 6.39. The van der Waals surface area contributed by atoms with E-state index in [1.54, 1.807) is 27.7 Å². The molecule has 7 nitrogen and oxygen atoms in total. The van der Waals surface area contributed by atoms with Gasteiger partial charge in [0.2, 0.25) is 10.0 Å². The lowest BCUT2D eigenvalue weighted by Gasteiger charge is -2.15. The highest BCUT2D eigenvalue weighted by atomic mass is 32.2. The van der Waals surface area contributed by atoms with Gasteiger partial charge in [-0.1, -0.05) is 0 Å². The summed E-state index contributed by atoms with van der Waals surface area (Å²) in [5, 5.41) is -0.565. The molecule has 0 amide bonds. The van der Waals surface area contributed by atoms with Gasteiger partial charge in [0.05, 0.1) is 17.9 Å². The molecule has 1 unspecified atom stereocenters. The van der Waals surface area contributed by atoms with Crippen LogP contribution in [0, 0.1) is 0 Å². The number of ether oxygens (including phenoxy) is 2. The van der Waals surface area contributed by atoms with Crippen LogP contribution in [0.3, 0.4) is 0 Å². The van der Waals surface area contributed by atoms with Crippen LogP contribution in [0.25, 0.3) is 0 Å². The summed E-state index contributed by atoms with van der Waals surface area (Å²) in [5.74, 6) is -1.38. The van der Waals surface area contributed by atoms with E-state index in [0.29, 0.717) is 0 Å². The van der Waals surface area contributed by atoms with Crippen LogP contribution in [0.15, 0.2) is 12.2 Å². The van der Waals surface area contributed by atoms with Crippen LogP contribution in [-0.2, 0) is 29.1 Å². The second kappa shape index (κ2) is 8.70. The first kappa shape index (κ1) is 18.6. The van der Waals surface area contributed by atoms with Crippen molar-refractivity contribution in [1.29, 1.82) is 0 Å². The third-order valence-electron chi connectivity index (χ3n) is 2.10. The highest BCUT2D eigenvalue weighted by molar-refractivity contribution is 7.90. The van der Waals surface area contributed by atoms with Crippen molar-refractivity contribution in [3.05, 3.63) is 12.2 Å². The lowest BCUT2D eigenvalue weighted by atomic mass is 10.4. The van der Waals surface area contributed by atoms with Gasteiger partial charge in [-0.3, -0.25) is 0 Å².